The summed E-state index contributed by atoms with van der Waals surface area (Å²) >= 11 is 7.72. The van der Waals surface area contributed by atoms with Crippen molar-refractivity contribution in [3.8, 4) is 5.75 Å². The summed E-state index contributed by atoms with van der Waals surface area (Å²) < 4.78 is 0. The first-order chi connectivity index (χ1) is 9.93. The van der Waals surface area contributed by atoms with Crippen molar-refractivity contribution in [1.29, 1.82) is 0 Å². The van der Waals surface area contributed by atoms with Gasteiger partial charge < -0.3 is 5.11 Å². The van der Waals surface area contributed by atoms with Gasteiger partial charge in [-0.3, -0.25) is 9.59 Å². The van der Waals surface area contributed by atoms with Crippen LogP contribution in [0.1, 0.15) is 71.4 Å². The van der Waals surface area contributed by atoms with Gasteiger partial charge in [-0.25, -0.2) is 0 Å². The second kappa shape index (κ2) is 8.49. The van der Waals surface area contributed by atoms with E-state index in [9.17, 15) is 14.7 Å². The van der Waals surface area contributed by atoms with E-state index in [1.807, 2.05) is 0 Å². The molecule has 0 unspecified atom stereocenters. The molecule has 0 aliphatic rings. The lowest BCUT2D eigenvalue weighted by atomic mass is 9.90. The van der Waals surface area contributed by atoms with Gasteiger partial charge in [0.25, 0.3) is 0 Å². The lowest BCUT2D eigenvalue weighted by Gasteiger charge is -2.17. The van der Waals surface area contributed by atoms with Crippen LogP contribution in [-0.2, 0) is 12.8 Å². The molecule has 1 aromatic carbocycles. The summed E-state index contributed by atoms with van der Waals surface area (Å²) in [7, 11) is 0. The second-order valence-electron chi connectivity index (χ2n) is 5.09. The predicted octanol–water partition coefficient (Wildman–Crippen LogP) is 4.22. The highest BCUT2D eigenvalue weighted by Crippen LogP contribution is 2.32. The molecule has 3 nitrogen and oxygen atoms in total. The number of benzene rings is 1. The molecule has 0 aliphatic carbocycles. The third kappa shape index (κ3) is 4.51. The predicted molar refractivity (Wildman–Crippen MR) is 92.0 cm³/mol. The zero-order valence-electron chi connectivity index (χ0n) is 12.5. The van der Waals surface area contributed by atoms with Gasteiger partial charge in [-0.05, 0) is 42.9 Å². The summed E-state index contributed by atoms with van der Waals surface area (Å²) in [5, 5.41) is 9.26. The zero-order valence-corrected chi connectivity index (χ0v) is 14.3. The van der Waals surface area contributed by atoms with E-state index in [0.29, 0.717) is 18.4 Å². The minimum absolute atomic E-state index is 0.0743. The molecular formula is C16H22O3S2. The maximum atomic E-state index is 11.9. The molecular weight excluding hydrogens is 304 g/mol. The van der Waals surface area contributed by atoms with Crippen molar-refractivity contribution in [3.63, 3.8) is 0 Å². The SMILES string of the molecule is CCCCc1c(O)cc(C(=O)S)c(C(=O)S)c1CCCC. The van der Waals surface area contributed by atoms with Crippen molar-refractivity contribution < 1.29 is 14.7 Å². The van der Waals surface area contributed by atoms with E-state index in [-0.39, 0.29) is 11.3 Å². The maximum Gasteiger partial charge on any atom is 0.217 e. The Hall–Kier alpha value is -0.940. The van der Waals surface area contributed by atoms with Crippen molar-refractivity contribution in [2.45, 2.75) is 52.4 Å². The molecule has 1 N–H and O–H groups in total. The Balaban J connectivity index is 3.52. The highest BCUT2D eigenvalue weighted by Gasteiger charge is 2.22. The van der Waals surface area contributed by atoms with Gasteiger partial charge in [0, 0.05) is 11.1 Å². The molecule has 116 valence electrons. The van der Waals surface area contributed by atoms with Gasteiger partial charge in [-0.15, -0.1) is 25.3 Å². The van der Waals surface area contributed by atoms with E-state index in [1.165, 1.54) is 6.07 Å². The van der Waals surface area contributed by atoms with Gasteiger partial charge in [0.15, 0.2) is 0 Å². The summed E-state index contributed by atoms with van der Waals surface area (Å²) in [6, 6.07) is 1.35. The molecule has 21 heavy (non-hydrogen) atoms. The van der Waals surface area contributed by atoms with Crippen LogP contribution in [0.5, 0.6) is 5.75 Å². The average molecular weight is 326 g/mol. The summed E-state index contributed by atoms with van der Waals surface area (Å²) in [6.45, 7) is 4.13. The molecule has 0 fully saturated rings. The van der Waals surface area contributed by atoms with Crippen LogP contribution in [0.25, 0.3) is 0 Å². The number of hydrogen-bond acceptors (Lipinski definition) is 3. The van der Waals surface area contributed by atoms with E-state index >= 15 is 0 Å². The third-order valence-electron chi connectivity index (χ3n) is 3.53. The summed E-state index contributed by atoms with van der Waals surface area (Å²) in [4.78, 5) is 23.5. The molecule has 0 aliphatic heterocycles. The number of carbonyl (C=O) groups is 2. The Morgan fingerprint density at radius 2 is 1.52 bits per heavy atom. The minimum Gasteiger partial charge on any atom is -0.508 e. The van der Waals surface area contributed by atoms with E-state index in [0.717, 1.165) is 36.8 Å². The van der Waals surface area contributed by atoms with Crippen molar-refractivity contribution in [2.75, 3.05) is 0 Å². The first-order valence-corrected chi connectivity index (χ1v) is 8.17. The molecule has 0 saturated carbocycles. The average Bonchev–Trinajstić information content (AvgIpc) is 2.42. The van der Waals surface area contributed by atoms with Crippen LogP contribution in [0.15, 0.2) is 6.07 Å². The molecule has 0 radical (unpaired) electrons. The molecule has 5 heteroatoms. The number of hydrogen-bond donors (Lipinski definition) is 3. The highest BCUT2D eigenvalue weighted by molar-refractivity contribution is 7.98. The molecule has 0 saturated heterocycles. The number of rotatable bonds is 8. The van der Waals surface area contributed by atoms with Gasteiger partial charge in [0.2, 0.25) is 10.2 Å². The highest BCUT2D eigenvalue weighted by atomic mass is 32.1. The maximum absolute atomic E-state index is 11.9. The fourth-order valence-electron chi connectivity index (χ4n) is 2.44. The fourth-order valence-corrected chi connectivity index (χ4v) is 2.87. The first-order valence-electron chi connectivity index (χ1n) is 7.28. The number of phenolic OH excluding ortho intramolecular Hbond substituents is 1. The van der Waals surface area contributed by atoms with Crippen LogP contribution in [0, 0.1) is 0 Å². The van der Waals surface area contributed by atoms with Crippen LogP contribution in [0.2, 0.25) is 0 Å². The molecule has 1 aromatic rings. The van der Waals surface area contributed by atoms with E-state index in [2.05, 4.69) is 39.1 Å². The summed E-state index contributed by atoms with van der Waals surface area (Å²) in [6.07, 6.45) is 5.10. The standard InChI is InChI=1S/C16H22O3S2/c1-3-5-7-10-11(8-6-4-2)14(16(19)21)12(15(18)20)9-13(10)17/h9,17H,3-8H2,1-2H3,(H,18,20)(H,19,21). The molecule has 0 aromatic heterocycles. The van der Waals surface area contributed by atoms with Crippen molar-refractivity contribution in [3.05, 3.63) is 28.3 Å². The van der Waals surface area contributed by atoms with Gasteiger partial charge in [0.05, 0.1) is 0 Å². The third-order valence-corrected chi connectivity index (χ3v) is 4.00. The Bertz CT molecular complexity index is 539. The Morgan fingerprint density at radius 1 is 1.00 bits per heavy atom. The van der Waals surface area contributed by atoms with Gasteiger partial charge in [0.1, 0.15) is 5.75 Å². The van der Waals surface area contributed by atoms with Crippen LogP contribution in [0.3, 0.4) is 0 Å². The monoisotopic (exact) mass is 326 g/mol. The topological polar surface area (TPSA) is 54.4 Å². The number of unbranched alkanes of at least 4 members (excludes halogenated alkanes) is 2. The molecule has 0 spiro atoms. The largest absolute Gasteiger partial charge is 0.508 e. The Kier molecular flexibility index (Phi) is 7.32. The Labute approximate surface area is 137 Å². The van der Waals surface area contributed by atoms with Crippen molar-refractivity contribution in [2.24, 2.45) is 0 Å². The van der Waals surface area contributed by atoms with E-state index in [1.54, 1.807) is 0 Å². The van der Waals surface area contributed by atoms with Gasteiger partial charge >= 0.3 is 0 Å². The van der Waals surface area contributed by atoms with Crippen LogP contribution in [0.4, 0.5) is 0 Å². The number of carbonyl (C=O) groups excluding carboxylic acids is 2. The van der Waals surface area contributed by atoms with Gasteiger partial charge in [-0.1, -0.05) is 26.7 Å². The van der Waals surface area contributed by atoms with Crippen LogP contribution < -0.4 is 0 Å². The Morgan fingerprint density at radius 3 is 1.95 bits per heavy atom. The number of thiol groups is 2. The molecule has 1 rings (SSSR count). The number of aromatic hydroxyl groups is 1. The lowest BCUT2D eigenvalue weighted by molar-refractivity contribution is 0.106. The van der Waals surface area contributed by atoms with Gasteiger partial charge in [-0.2, -0.15) is 0 Å². The smallest absolute Gasteiger partial charge is 0.217 e. The fraction of sp³-hybridized carbons (Fsp3) is 0.500. The zero-order chi connectivity index (χ0) is 16.0. The van der Waals surface area contributed by atoms with Crippen molar-refractivity contribution >= 4 is 35.5 Å². The molecule has 0 bridgehead atoms. The van der Waals surface area contributed by atoms with E-state index < -0.39 is 10.2 Å². The molecule has 0 atom stereocenters. The lowest BCUT2D eigenvalue weighted by Crippen LogP contribution is -2.10. The van der Waals surface area contributed by atoms with Crippen LogP contribution in [-0.4, -0.2) is 15.3 Å². The van der Waals surface area contributed by atoms with Crippen LogP contribution >= 0.6 is 25.3 Å². The number of phenols is 1. The second-order valence-corrected chi connectivity index (χ2v) is 5.91. The minimum atomic E-state index is -0.525. The quantitative estimate of drug-likeness (QED) is 0.627. The first kappa shape index (κ1) is 18.1. The molecule has 0 amide bonds. The van der Waals surface area contributed by atoms with Crippen molar-refractivity contribution in [1.82, 2.24) is 0 Å². The summed E-state index contributed by atoms with van der Waals surface area (Å²) in [5.74, 6) is 0.0743. The molecule has 0 heterocycles. The normalized spacial score (nSPS) is 10.7. The summed E-state index contributed by atoms with van der Waals surface area (Å²) in [5.41, 5.74) is 1.96. The van der Waals surface area contributed by atoms with E-state index in [4.69, 9.17) is 0 Å².